The minimum Gasteiger partial charge on any atom is -0.492 e. The van der Waals surface area contributed by atoms with Crippen molar-refractivity contribution in [3.8, 4) is 5.75 Å². The summed E-state index contributed by atoms with van der Waals surface area (Å²) < 4.78 is 32.2. The average Bonchev–Trinajstić information content (AvgIpc) is 2.97. The largest absolute Gasteiger partial charge is 0.492 e. The number of benzene rings is 1. The predicted molar refractivity (Wildman–Crippen MR) is 94.1 cm³/mol. The molecule has 0 amide bonds. The average molecular weight is 353 g/mol. The van der Waals surface area contributed by atoms with Crippen molar-refractivity contribution in [1.82, 2.24) is 4.72 Å². The summed E-state index contributed by atoms with van der Waals surface area (Å²) in [5.74, 6) is 0.375. The molecule has 0 fully saturated rings. The lowest BCUT2D eigenvalue weighted by Gasteiger charge is -2.17. The molecule has 0 radical (unpaired) electrons. The van der Waals surface area contributed by atoms with E-state index >= 15 is 0 Å². The number of Topliss-reactive ketones (excluding diaryl/α,β-unsaturated/α-hetero) is 1. The Morgan fingerprint density at radius 1 is 1.25 bits per heavy atom. The molecule has 0 aromatic heterocycles. The van der Waals surface area contributed by atoms with Crippen LogP contribution in [0.2, 0.25) is 0 Å². The summed E-state index contributed by atoms with van der Waals surface area (Å²) in [6.45, 7) is 7.00. The van der Waals surface area contributed by atoms with Gasteiger partial charge in [-0.1, -0.05) is 27.2 Å². The molecule has 1 aromatic rings. The van der Waals surface area contributed by atoms with Crippen molar-refractivity contribution in [2.24, 2.45) is 5.41 Å². The van der Waals surface area contributed by atoms with Gasteiger partial charge in [-0.25, -0.2) is 13.1 Å². The summed E-state index contributed by atoms with van der Waals surface area (Å²) in [6.07, 6.45) is 3.95. The molecule has 0 saturated carbocycles. The van der Waals surface area contributed by atoms with Gasteiger partial charge in [-0.05, 0) is 43.0 Å². The summed E-state index contributed by atoms with van der Waals surface area (Å²) in [4.78, 5) is 12.5. The molecule has 1 N–H and O–H groups in total. The van der Waals surface area contributed by atoms with E-state index in [0.29, 0.717) is 30.8 Å². The van der Waals surface area contributed by atoms with Crippen molar-refractivity contribution >= 4 is 15.8 Å². The number of carbonyl (C=O) groups excluding carboxylic acids is 1. The zero-order chi connectivity index (χ0) is 18.0. The first-order chi connectivity index (χ1) is 11.1. The number of hydrogen-bond acceptors (Lipinski definition) is 4. The van der Waals surface area contributed by atoms with Crippen molar-refractivity contribution in [3.05, 3.63) is 23.3 Å². The molecule has 5 nitrogen and oxygen atoms in total. The normalized spacial score (nSPS) is 14.3. The maximum absolute atomic E-state index is 12.5. The summed E-state index contributed by atoms with van der Waals surface area (Å²) in [7, 11) is -2.29. The number of unbranched alkanes of at least 4 members (excludes halogenated alkanes) is 1. The Bertz CT molecular complexity index is 717. The maximum atomic E-state index is 12.5. The minimum atomic E-state index is -3.65. The SMILES string of the molecule is CNS(=O)(=O)c1cc(C(=O)CCCCC(C)(C)C)cc2c1OCC2. The van der Waals surface area contributed by atoms with Crippen molar-refractivity contribution in [2.75, 3.05) is 13.7 Å². The molecular weight excluding hydrogens is 326 g/mol. The summed E-state index contributed by atoms with van der Waals surface area (Å²) in [5, 5.41) is 0. The fourth-order valence-electron chi connectivity index (χ4n) is 2.83. The van der Waals surface area contributed by atoms with E-state index in [1.54, 1.807) is 6.07 Å². The van der Waals surface area contributed by atoms with Gasteiger partial charge in [-0.3, -0.25) is 4.79 Å². The topological polar surface area (TPSA) is 72.5 Å². The van der Waals surface area contributed by atoms with Crippen LogP contribution in [0.25, 0.3) is 0 Å². The summed E-state index contributed by atoms with van der Waals surface area (Å²) >= 11 is 0. The van der Waals surface area contributed by atoms with Gasteiger partial charge in [0, 0.05) is 18.4 Å². The van der Waals surface area contributed by atoms with E-state index in [2.05, 4.69) is 25.5 Å². The fourth-order valence-corrected chi connectivity index (χ4v) is 3.76. The number of ether oxygens (including phenoxy) is 1. The van der Waals surface area contributed by atoms with Gasteiger partial charge in [-0.15, -0.1) is 0 Å². The number of hydrogen-bond donors (Lipinski definition) is 1. The van der Waals surface area contributed by atoms with E-state index in [0.717, 1.165) is 24.8 Å². The highest BCUT2D eigenvalue weighted by Crippen LogP contribution is 2.34. The van der Waals surface area contributed by atoms with Gasteiger partial charge in [0.15, 0.2) is 5.78 Å². The van der Waals surface area contributed by atoms with Crippen molar-refractivity contribution in [2.45, 2.75) is 57.8 Å². The van der Waals surface area contributed by atoms with Crippen LogP contribution in [0.15, 0.2) is 17.0 Å². The van der Waals surface area contributed by atoms with Crippen LogP contribution in [-0.4, -0.2) is 27.9 Å². The quantitative estimate of drug-likeness (QED) is 0.603. The van der Waals surface area contributed by atoms with Gasteiger partial charge in [0.1, 0.15) is 10.6 Å². The Balaban J connectivity index is 2.16. The lowest BCUT2D eigenvalue weighted by molar-refractivity contribution is 0.0977. The van der Waals surface area contributed by atoms with Gasteiger partial charge < -0.3 is 4.74 Å². The Kier molecular flexibility index (Phi) is 5.71. The van der Waals surface area contributed by atoms with E-state index in [9.17, 15) is 13.2 Å². The molecule has 0 aliphatic carbocycles. The van der Waals surface area contributed by atoms with Gasteiger partial charge in [0.2, 0.25) is 10.0 Å². The zero-order valence-electron chi connectivity index (χ0n) is 14.9. The molecule has 0 unspecified atom stereocenters. The van der Waals surface area contributed by atoms with Crippen LogP contribution in [0.1, 0.15) is 62.4 Å². The Morgan fingerprint density at radius 3 is 2.58 bits per heavy atom. The zero-order valence-corrected chi connectivity index (χ0v) is 15.8. The Hall–Kier alpha value is -1.40. The monoisotopic (exact) mass is 353 g/mol. The summed E-state index contributed by atoms with van der Waals surface area (Å²) in [5.41, 5.74) is 1.52. The van der Waals surface area contributed by atoms with E-state index < -0.39 is 10.0 Å². The number of rotatable bonds is 7. The number of nitrogens with one attached hydrogen (secondary N) is 1. The minimum absolute atomic E-state index is 0.00818. The molecule has 1 heterocycles. The summed E-state index contributed by atoms with van der Waals surface area (Å²) in [6, 6.07) is 3.23. The molecule has 2 rings (SSSR count). The third-order valence-electron chi connectivity index (χ3n) is 4.21. The van der Waals surface area contributed by atoms with Crippen LogP contribution in [-0.2, 0) is 16.4 Å². The maximum Gasteiger partial charge on any atom is 0.244 e. The number of sulfonamides is 1. The lowest BCUT2D eigenvalue weighted by Crippen LogP contribution is -2.20. The third kappa shape index (κ3) is 4.57. The van der Waals surface area contributed by atoms with Crippen LogP contribution < -0.4 is 9.46 Å². The molecule has 0 saturated heterocycles. The van der Waals surface area contributed by atoms with Gasteiger partial charge in [-0.2, -0.15) is 0 Å². The highest BCUT2D eigenvalue weighted by molar-refractivity contribution is 7.89. The van der Waals surface area contributed by atoms with E-state index in [1.165, 1.54) is 13.1 Å². The van der Waals surface area contributed by atoms with Crippen molar-refractivity contribution in [1.29, 1.82) is 0 Å². The molecule has 0 atom stereocenters. The van der Waals surface area contributed by atoms with Crippen molar-refractivity contribution < 1.29 is 17.9 Å². The third-order valence-corrected chi connectivity index (χ3v) is 5.63. The molecular formula is C18H27NO4S. The first kappa shape index (κ1) is 18.9. The van der Waals surface area contributed by atoms with E-state index in [-0.39, 0.29) is 16.1 Å². The van der Waals surface area contributed by atoms with Gasteiger partial charge in [0.05, 0.1) is 6.61 Å². The molecule has 24 heavy (non-hydrogen) atoms. The lowest BCUT2D eigenvalue weighted by atomic mass is 9.89. The Morgan fingerprint density at radius 2 is 1.96 bits per heavy atom. The second-order valence-electron chi connectivity index (χ2n) is 7.46. The Labute approximate surface area is 144 Å². The van der Waals surface area contributed by atoms with Crippen molar-refractivity contribution in [3.63, 3.8) is 0 Å². The molecule has 1 aliphatic rings. The molecule has 1 aromatic carbocycles. The van der Waals surface area contributed by atoms with Crippen LogP contribution in [0, 0.1) is 5.41 Å². The predicted octanol–water partition coefficient (Wildman–Crippen LogP) is 3.32. The number of fused-ring (bicyclic) bond motifs is 1. The molecule has 0 spiro atoms. The smallest absolute Gasteiger partial charge is 0.244 e. The van der Waals surface area contributed by atoms with Crippen LogP contribution in [0.3, 0.4) is 0 Å². The molecule has 0 bridgehead atoms. The first-order valence-corrected chi connectivity index (χ1v) is 9.89. The number of carbonyl (C=O) groups is 1. The standard InChI is InChI=1S/C18H27NO4S/c1-18(2,3)9-6-5-7-15(20)14-11-13-8-10-23-17(13)16(12-14)24(21,22)19-4/h11-12,19H,5-10H2,1-4H3. The van der Waals surface area contributed by atoms with Crippen LogP contribution in [0.4, 0.5) is 0 Å². The van der Waals surface area contributed by atoms with Gasteiger partial charge >= 0.3 is 0 Å². The highest BCUT2D eigenvalue weighted by Gasteiger charge is 2.26. The first-order valence-electron chi connectivity index (χ1n) is 8.40. The molecule has 134 valence electrons. The second-order valence-corrected chi connectivity index (χ2v) is 9.31. The molecule has 1 aliphatic heterocycles. The second kappa shape index (κ2) is 7.23. The van der Waals surface area contributed by atoms with Crippen LogP contribution in [0.5, 0.6) is 5.75 Å². The van der Waals surface area contributed by atoms with Crippen LogP contribution >= 0.6 is 0 Å². The van der Waals surface area contributed by atoms with Gasteiger partial charge in [0.25, 0.3) is 0 Å². The number of ketones is 1. The van der Waals surface area contributed by atoms with E-state index in [1.807, 2.05) is 0 Å². The fraction of sp³-hybridized carbons (Fsp3) is 0.611. The van der Waals surface area contributed by atoms with E-state index in [4.69, 9.17) is 4.74 Å². The molecule has 6 heteroatoms. The highest BCUT2D eigenvalue weighted by atomic mass is 32.2.